The number of nitrogens with zero attached hydrogens (tertiary/aromatic N) is 1. The van der Waals surface area contributed by atoms with Crippen molar-refractivity contribution in [3.8, 4) is 11.3 Å². The van der Waals surface area contributed by atoms with Crippen LogP contribution in [0.1, 0.15) is 21.5 Å². The molecule has 0 saturated carbocycles. The van der Waals surface area contributed by atoms with Crippen LogP contribution in [0.2, 0.25) is 0 Å². The second-order valence-electron chi connectivity index (χ2n) is 7.27. The molecule has 0 bridgehead atoms. The van der Waals surface area contributed by atoms with Gasteiger partial charge in [-0.15, -0.1) is 0 Å². The summed E-state index contributed by atoms with van der Waals surface area (Å²) in [4.78, 5) is 35.2. The van der Waals surface area contributed by atoms with E-state index in [0.717, 1.165) is 11.1 Å². The van der Waals surface area contributed by atoms with Gasteiger partial charge in [-0.3, -0.25) is 19.7 Å². The molecule has 4 rings (SSSR count). The molecule has 0 aliphatic rings. The molecule has 154 valence electrons. The van der Waals surface area contributed by atoms with Crippen LogP contribution in [-0.2, 0) is 0 Å². The molecule has 0 unspecified atom stereocenters. The molecule has 0 atom stereocenters. The minimum absolute atomic E-state index is 0.0513. The fourth-order valence-corrected chi connectivity index (χ4v) is 3.41. The van der Waals surface area contributed by atoms with Crippen molar-refractivity contribution in [2.45, 2.75) is 13.8 Å². The summed E-state index contributed by atoms with van der Waals surface area (Å²) in [6.45, 7) is 3.83. The SMILES string of the molecule is Cc1cc(C)c2oc(-c3ccc(C(=O)Nc4ccc([N+](=O)[O-])cc4)cc3)cc(=O)c2c1. The van der Waals surface area contributed by atoms with Gasteiger partial charge in [0.25, 0.3) is 11.6 Å². The van der Waals surface area contributed by atoms with Gasteiger partial charge in [0.2, 0.25) is 0 Å². The minimum atomic E-state index is -0.502. The van der Waals surface area contributed by atoms with Crippen LogP contribution in [0, 0.1) is 24.0 Å². The average Bonchev–Trinajstić information content (AvgIpc) is 2.75. The lowest BCUT2D eigenvalue weighted by Crippen LogP contribution is -2.11. The van der Waals surface area contributed by atoms with Gasteiger partial charge in [-0.25, -0.2) is 0 Å². The largest absolute Gasteiger partial charge is 0.456 e. The van der Waals surface area contributed by atoms with Gasteiger partial charge < -0.3 is 9.73 Å². The van der Waals surface area contributed by atoms with Crippen LogP contribution < -0.4 is 10.7 Å². The highest BCUT2D eigenvalue weighted by Gasteiger charge is 2.12. The van der Waals surface area contributed by atoms with Crippen LogP contribution in [0.5, 0.6) is 0 Å². The van der Waals surface area contributed by atoms with Gasteiger partial charge in [0.1, 0.15) is 11.3 Å². The van der Waals surface area contributed by atoms with E-state index < -0.39 is 4.92 Å². The molecule has 1 N–H and O–H groups in total. The summed E-state index contributed by atoms with van der Waals surface area (Å²) in [7, 11) is 0. The number of carbonyl (C=O) groups excluding carboxylic acids is 1. The van der Waals surface area contributed by atoms with E-state index in [-0.39, 0.29) is 17.0 Å². The quantitative estimate of drug-likeness (QED) is 0.363. The van der Waals surface area contributed by atoms with E-state index in [9.17, 15) is 19.7 Å². The Hall–Kier alpha value is -4.26. The van der Waals surface area contributed by atoms with Gasteiger partial charge in [-0.2, -0.15) is 0 Å². The Kier molecular flexibility index (Phi) is 5.09. The van der Waals surface area contributed by atoms with Crippen molar-refractivity contribution in [1.29, 1.82) is 0 Å². The standard InChI is InChI=1S/C24H18N2O5/c1-14-11-15(2)23-20(12-14)21(27)13-22(31-23)16-3-5-17(6-4-16)24(28)25-18-7-9-19(10-8-18)26(29)30/h3-13H,1-2H3,(H,25,28). The lowest BCUT2D eigenvalue weighted by atomic mass is 10.1. The molecule has 1 aromatic heterocycles. The van der Waals surface area contributed by atoms with E-state index in [1.165, 1.54) is 30.3 Å². The molecular formula is C24H18N2O5. The smallest absolute Gasteiger partial charge is 0.269 e. The first-order valence-electron chi connectivity index (χ1n) is 9.53. The molecule has 0 spiro atoms. The van der Waals surface area contributed by atoms with E-state index in [1.54, 1.807) is 24.3 Å². The van der Waals surface area contributed by atoms with Crippen LogP contribution in [0.3, 0.4) is 0 Å². The lowest BCUT2D eigenvalue weighted by molar-refractivity contribution is -0.384. The maximum Gasteiger partial charge on any atom is 0.269 e. The summed E-state index contributed by atoms with van der Waals surface area (Å²) < 4.78 is 5.99. The number of fused-ring (bicyclic) bond motifs is 1. The molecule has 7 nitrogen and oxygen atoms in total. The highest BCUT2D eigenvalue weighted by atomic mass is 16.6. The third kappa shape index (κ3) is 4.06. The molecule has 0 aliphatic carbocycles. The predicted molar refractivity (Wildman–Crippen MR) is 118 cm³/mol. The number of nitro benzene ring substituents is 1. The van der Waals surface area contributed by atoms with Gasteiger partial charge in [0.05, 0.1) is 10.3 Å². The molecular weight excluding hydrogens is 396 g/mol. The molecule has 0 saturated heterocycles. The van der Waals surface area contributed by atoms with E-state index in [0.29, 0.717) is 33.5 Å². The number of aryl methyl sites for hydroxylation is 2. The van der Waals surface area contributed by atoms with Crippen molar-refractivity contribution in [3.63, 3.8) is 0 Å². The number of amides is 1. The number of rotatable bonds is 4. The Morgan fingerprint density at radius 1 is 0.968 bits per heavy atom. The molecule has 4 aromatic rings. The molecule has 1 amide bonds. The molecule has 0 radical (unpaired) electrons. The molecule has 0 aliphatic heterocycles. The maximum atomic E-state index is 12.6. The number of carbonyl (C=O) groups is 1. The van der Waals surface area contributed by atoms with E-state index >= 15 is 0 Å². The molecule has 0 fully saturated rings. The number of nitro groups is 1. The van der Waals surface area contributed by atoms with Crippen LogP contribution >= 0.6 is 0 Å². The van der Waals surface area contributed by atoms with E-state index in [1.807, 2.05) is 26.0 Å². The van der Waals surface area contributed by atoms with Crippen molar-refractivity contribution in [3.05, 3.63) is 104 Å². The summed E-state index contributed by atoms with van der Waals surface area (Å²) >= 11 is 0. The average molecular weight is 414 g/mol. The zero-order valence-electron chi connectivity index (χ0n) is 16.8. The number of non-ortho nitro benzene ring substituents is 1. The van der Waals surface area contributed by atoms with Gasteiger partial charge in [0.15, 0.2) is 5.43 Å². The number of anilines is 1. The Morgan fingerprint density at radius 3 is 2.29 bits per heavy atom. The van der Waals surface area contributed by atoms with Crippen LogP contribution in [0.15, 0.2) is 75.9 Å². The van der Waals surface area contributed by atoms with Gasteiger partial charge in [-0.1, -0.05) is 18.2 Å². The lowest BCUT2D eigenvalue weighted by Gasteiger charge is -2.08. The first kappa shape index (κ1) is 20.0. The normalized spacial score (nSPS) is 10.8. The highest BCUT2D eigenvalue weighted by Crippen LogP contribution is 2.25. The van der Waals surface area contributed by atoms with Crippen molar-refractivity contribution in [2.75, 3.05) is 5.32 Å². The zero-order valence-corrected chi connectivity index (χ0v) is 16.8. The number of nitrogens with one attached hydrogen (secondary N) is 1. The third-order valence-electron chi connectivity index (χ3n) is 4.93. The van der Waals surface area contributed by atoms with Gasteiger partial charge >= 0.3 is 0 Å². The molecule has 3 aromatic carbocycles. The summed E-state index contributed by atoms with van der Waals surface area (Å²) in [5, 5.41) is 14.0. The highest BCUT2D eigenvalue weighted by molar-refractivity contribution is 6.04. The van der Waals surface area contributed by atoms with Crippen molar-refractivity contribution in [1.82, 2.24) is 0 Å². The fourth-order valence-electron chi connectivity index (χ4n) is 3.41. The van der Waals surface area contributed by atoms with Crippen LogP contribution in [0.25, 0.3) is 22.3 Å². The second kappa shape index (κ2) is 7.87. The van der Waals surface area contributed by atoms with E-state index in [2.05, 4.69) is 5.32 Å². The van der Waals surface area contributed by atoms with Crippen molar-refractivity contribution < 1.29 is 14.1 Å². The summed E-state index contributed by atoms with van der Waals surface area (Å²) in [5.74, 6) is 0.0680. The van der Waals surface area contributed by atoms with Crippen molar-refractivity contribution in [2.24, 2.45) is 0 Å². The summed E-state index contributed by atoms with van der Waals surface area (Å²) in [5.41, 5.74) is 3.77. The zero-order chi connectivity index (χ0) is 22.1. The van der Waals surface area contributed by atoms with Crippen molar-refractivity contribution >= 4 is 28.3 Å². The predicted octanol–water partition coefficient (Wildman–Crippen LogP) is 5.24. The maximum absolute atomic E-state index is 12.6. The van der Waals surface area contributed by atoms with Crippen LogP contribution in [-0.4, -0.2) is 10.8 Å². The fraction of sp³-hybridized carbons (Fsp3) is 0.0833. The molecule has 7 heteroatoms. The molecule has 31 heavy (non-hydrogen) atoms. The Bertz CT molecular complexity index is 1370. The monoisotopic (exact) mass is 414 g/mol. The third-order valence-corrected chi connectivity index (χ3v) is 4.93. The van der Waals surface area contributed by atoms with Crippen LogP contribution in [0.4, 0.5) is 11.4 Å². The number of hydrogen-bond donors (Lipinski definition) is 1. The molecule has 1 heterocycles. The Labute approximate surface area is 177 Å². The Balaban J connectivity index is 1.58. The Morgan fingerprint density at radius 2 is 1.65 bits per heavy atom. The second-order valence-corrected chi connectivity index (χ2v) is 7.27. The first-order valence-corrected chi connectivity index (χ1v) is 9.53. The topological polar surface area (TPSA) is 102 Å². The van der Waals surface area contributed by atoms with Gasteiger partial charge in [0, 0.05) is 35.0 Å². The summed E-state index contributed by atoms with van der Waals surface area (Å²) in [6.07, 6.45) is 0. The number of benzene rings is 3. The van der Waals surface area contributed by atoms with E-state index in [4.69, 9.17) is 4.42 Å². The summed E-state index contributed by atoms with van der Waals surface area (Å²) in [6, 6.07) is 17.5. The first-order chi connectivity index (χ1) is 14.8. The number of hydrogen-bond acceptors (Lipinski definition) is 5. The van der Waals surface area contributed by atoms with Gasteiger partial charge in [-0.05, 0) is 55.3 Å². The minimum Gasteiger partial charge on any atom is -0.456 e.